The number of imidazole rings is 1. The Morgan fingerprint density at radius 1 is 1.52 bits per heavy atom. The van der Waals surface area contributed by atoms with Crippen LogP contribution in [0.25, 0.3) is 11.0 Å². The van der Waals surface area contributed by atoms with Crippen molar-refractivity contribution in [2.75, 3.05) is 18.9 Å². The molecule has 0 spiro atoms. The van der Waals surface area contributed by atoms with Crippen LogP contribution >= 0.6 is 0 Å². The van der Waals surface area contributed by atoms with Gasteiger partial charge in [0.2, 0.25) is 11.9 Å². The second-order valence-electron chi connectivity index (χ2n) is 5.24. The number of nitrogens with two attached hydrogens (primary N) is 1. The summed E-state index contributed by atoms with van der Waals surface area (Å²) in [7, 11) is 0. The summed E-state index contributed by atoms with van der Waals surface area (Å²) < 4.78 is 7.48. The molecule has 1 aliphatic carbocycles. The summed E-state index contributed by atoms with van der Waals surface area (Å²) in [5, 5.41) is 2.94. The fourth-order valence-corrected chi connectivity index (χ4v) is 2.43. The third kappa shape index (κ3) is 2.79. The minimum absolute atomic E-state index is 0.146. The number of nitrogen functional groups attached to an aromatic ring is 1. The molecule has 6 heteroatoms. The van der Waals surface area contributed by atoms with Gasteiger partial charge in [-0.05, 0) is 31.9 Å². The van der Waals surface area contributed by atoms with Gasteiger partial charge in [-0.25, -0.2) is 4.98 Å². The minimum atomic E-state index is 0.146. The highest BCUT2D eigenvalue weighted by Crippen LogP contribution is 2.29. The van der Waals surface area contributed by atoms with E-state index in [2.05, 4.69) is 10.3 Å². The molecule has 0 aliphatic heterocycles. The Hall–Kier alpha value is -2.24. The zero-order valence-corrected chi connectivity index (χ0v) is 12.1. The van der Waals surface area contributed by atoms with Crippen LogP contribution in [0.5, 0.6) is 5.75 Å². The average Bonchev–Trinajstić information content (AvgIpc) is 3.26. The first-order valence-electron chi connectivity index (χ1n) is 7.36. The van der Waals surface area contributed by atoms with Gasteiger partial charge in [-0.2, -0.15) is 0 Å². The van der Waals surface area contributed by atoms with Gasteiger partial charge >= 0.3 is 0 Å². The van der Waals surface area contributed by atoms with E-state index in [1.54, 1.807) is 0 Å². The fraction of sp³-hybridized carbons (Fsp3) is 0.467. The van der Waals surface area contributed by atoms with E-state index >= 15 is 0 Å². The van der Waals surface area contributed by atoms with Gasteiger partial charge in [-0.3, -0.25) is 4.79 Å². The fourth-order valence-electron chi connectivity index (χ4n) is 2.43. The molecule has 0 radical (unpaired) electrons. The summed E-state index contributed by atoms with van der Waals surface area (Å²) >= 11 is 0. The maximum Gasteiger partial charge on any atom is 0.223 e. The number of aromatic nitrogens is 2. The van der Waals surface area contributed by atoms with Gasteiger partial charge in [0.25, 0.3) is 0 Å². The van der Waals surface area contributed by atoms with Crippen LogP contribution in [-0.4, -0.2) is 28.6 Å². The second kappa shape index (κ2) is 5.63. The van der Waals surface area contributed by atoms with E-state index in [4.69, 9.17) is 10.5 Å². The van der Waals surface area contributed by atoms with Crippen LogP contribution < -0.4 is 15.8 Å². The van der Waals surface area contributed by atoms with Crippen LogP contribution in [-0.2, 0) is 11.3 Å². The molecule has 1 fully saturated rings. The van der Waals surface area contributed by atoms with Crippen LogP contribution in [0.4, 0.5) is 5.95 Å². The highest BCUT2D eigenvalue weighted by atomic mass is 16.5. The summed E-state index contributed by atoms with van der Waals surface area (Å²) in [4.78, 5) is 16.0. The van der Waals surface area contributed by atoms with Gasteiger partial charge in [0, 0.05) is 19.0 Å². The van der Waals surface area contributed by atoms with Gasteiger partial charge in [-0.15, -0.1) is 0 Å². The quantitative estimate of drug-likeness (QED) is 0.844. The number of anilines is 1. The Morgan fingerprint density at radius 2 is 2.33 bits per heavy atom. The van der Waals surface area contributed by atoms with E-state index in [9.17, 15) is 4.79 Å². The van der Waals surface area contributed by atoms with Crippen molar-refractivity contribution in [3.63, 3.8) is 0 Å². The lowest BCUT2D eigenvalue weighted by Crippen LogP contribution is -2.28. The molecular formula is C15H20N4O2. The molecule has 112 valence electrons. The molecule has 1 aromatic carbocycles. The third-order valence-corrected chi connectivity index (χ3v) is 3.65. The van der Waals surface area contributed by atoms with Crippen molar-refractivity contribution in [1.29, 1.82) is 0 Å². The molecule has 1 aliphatic rings. The minimum Gasteiger partial charge on any atom is -0.492 e. The second-order valence-corrected chi connectivity index (χ2v) is 5.24. The van der Waals surface area contributed by atoms with E-state index < -0.39 is 0 Å². The Bertz CT molecular complexity index is 661. The van der Waals surface area contributed by atoms with Crippen LogP contribution in [0, 0.1) is 5.92 Å². The van der Waals surface area contributed by atoms with Crippen LogP contribution in [0.15, 0.2) is 18.2 Å². The standard InChI is InChI=1S/C15H20N4O2/c1-2-21-12-5-3-4-11-13(12)18-15(16)19(11)9-8-17-14(20)10-6-7-10/h3-5,10H,2,6-9H2,1H3,(H2,16,18)(H,17,20). The molecule has 21 heavy (non-hydrogen) atoms. The van der Waals surface area contributed by atoms with Crippen molar-refractivity contribution >= 4 is 22.9 Å². The van der Waals surface area contributed by atoms with E-state index in [0.29, 0.717) is 25.6 Å². The molecular weight excluding hydrogens is 268 g/mol. The predicted molar refractivity (Wildman–Crippen MR) is 81.0 cm³/mol. The molecule has 0 bridgehead atoms. The molecule has 1 heterocycles. The Balaban J connectivity index is 1.76. The number of carbonyl (C=O) groups is 1. The molecule has 1 amide bonds. The molecule has 1 saturated carbocycles. The first-order valence-corrected chi connectivity index (χ1v) is 7.36. The Morgan fingerprint density at radius 3 is 3.05 bits per heavy atom. The van der Waals surface area contributed by atoms with Crippen molar-refractivity contribution < 1.29 is 9.53 Å². The molecule has 0 atom stereocenters. The van der Waals surface area contributed by atoms with Crippen LogP contribution in [0.3, 0.4) is 0 Å². The summed E-state index contributed by atoms with van der Waals surface area (Å²) in [5.74, 6) is 1.56. The lowest BCUT2D eigenvalue weighted by atomic mass is 10.3. The SMILES string of the molecule is CCOc1cccc2c1nc(N)n2CCNC(=O)C1CC1. The maximum absolute atomic E-state index is 11.6. The number of benzene rings is 1. The van der Waals surface area contributed by atoms with Crippen molar-refractivity contribution in [3.05, 3.63) is 18.2 Å². The van der Waals surface area contributed by atoms with E-state index in [0.717, 1.165) is 29.6 Å². The molecule has 0 saturated heterocycles. The highest BCUT2D eigenvalue weighted by Gasteiger charge is 2.29. The zero-order valence-electron chi connectivity index (χ0n) is 12.1. The smallest absolute Gasteiger partial charge is 0.223 e. The number of para-hydroxylation sites is 1. The van der Waals surface area contributed by atoms with Crippen molar-refractivity contribution in [1.82, 2.24) is 14.9 Å². The molecule has 6 nitrogen and oxygen atoms in total. The van der Waals surface area contributed by atoms with Crippen molar-refractivity contribution in [2.45, 2.75) is 26.3 Å². The monoisotopic (exact) mass is 288 g/mol. The van der Waals surface area contributed by atoms with Gasteiger partial charge in [0.05, 0.1) is 12.1 Å². The number of fused-ring (bicyclic) bond motifs is 1. The highest BCUT2D eigenvalue weighted by molar-refractivity contribution is 5.84. The number of carbonyl (C=O) groups excluding carboxylic acids is 1. The van der Waals surface area contributed by atoms with Gasteiger partial charge in [0.15, 0.2) is 0 Å². The molecule has 2 aromatic rings. The number of rotatable bonds is 6. The molecule has 3 rings (SSSR count). The van der Waals surface area contributed by atoms with E-state index in [1.165, 1.54) is 0 Å². The normalized spacial score (nSPS) is 14.3. The van der Waals surface area contributed by atoms with Gasteiger partial charge < -0.3 is 20.4 Å². The first-order chi connectivity index (χ1) is 10.2. The summed E-state index contributed by atoms with van der Waals surface area (Å²) in [5.41, 5.74) is 7.69. The topological polar surface area (TPSA) is 82.2 Å². The lowest BCUT2D eigenvalue weighted by Gasteiger charge is -2.08. The first kappa shape index (κ1) is 13.7. The Labute approximate surface area is 123 Å². The number of ether oxygens (including phenoxy) is 1. The number of amides is 1. The van der Waals surface area contributed by atoms with E-state index in [-0.39, 0.29) is 11.8 Å². The third-order valence-electron chi connectivity index (χ3n) is 3.65. The van der Waals surface area contributed by atoms with E-state index in [1.807, 2.05) is 29.7 Å². The van der Waals surface area contributed by atoms with Crippen LogP contribution in [0.1, 0.15) is 19.8 Å². The Kier molecular flexibility index (Phi) is 3.68. The van der Waals surface area contributed by atoms with Gasteiger partial charge in [0.1, 0.15) is 11.3 Å². The van der Waals surface area contributed by atoms with Gasteiger partial charge in [-0.1, -0.05) is 6.07 Å². The maximum atomic E-state index is 11.6. The number of hydrogen-bond acceptors (Lipinski definition) is 4. The number of hydrogen-bond donors (Lipinski definition) is 2. The molecule has 1 aromatic heterocycles. The summed E-state index contributed by atoms with van der Waals surface area (Å²) in [6.45, 7) is 3.69. The molecule has 0 unspecified atom stereocenters. The number of nitrogens with one attached hydrogen (secondary N) is 1. The average molecular weight is 288 g/mol. The molecule has 3 N–H and O–H groups in total. The largest absolute Gasteiger partial charge is 0.492 e. The van der Waals surface area contributed by atoms with Crippen molar-refractivity contribution in [3.8, 4) is 5.75 Å². The van der Waals surface area contributed by atoms with Crippen LogP contribution in [0.2, 0.25) is 0 Å². The lowest BCUT2D eigenvalue weighted by molar-refractivity contribution is -0.122. The summed E-state index contributed by atoms with van der Waals surface area (Å²) in [6.07, 6.45) is 2.03. The predicted octanol–water partition coefficient (Wildman–Crippen LogP) is 1.54. The van der Waals surface area contributed by atoms with Crippen molar-refractivity contribution in [2.24, 2.45) is 5.92 Å². The summed E-state index contributed by atoms with van der Waals surface area (Å²) in [6, 6.07) is 5.77. The zero-order chi connectivity index (χ0) is 14.8. The number of nitrogens with zero attached hydrogens (tertiary/aromatic N) is 2.